The molecule has 3 aromatic carbocycles. The first-order chi connectivity index (χ1) is 26.8. The van der Waals surface area contributed by atoms with Crippen molar-refractivity contribution in [1.82, 2.24) is 10.6 Å². The molecule has 308 valence electrons. The highest BCUT2D eigenvalue weighted by Crippen LogP contribution is 2.28. The van der Waals surface area contributed by atoms with Crippen molar-refractivity contribution in [1.29, 1.82) is 0 Å². The molecule has 0 aromatic heterocycles. The Hall–Kier alpha value is -3.41. The summed E-state index contributed by atoms with van der Waals surface area (Å²) >= 11 is 0. The molecule has 0 saturated carbocycles. The van der Waals surface area contributed by atoms with E-state index in [-0.39, 0.29) is 17.8 Å². The third-order valence-electron chi connectivity index (χ3n) is 10.9. The molecule has 6 nitrogen and oxygen atoms in total. The molecule has 6 heteroatoms. The van der Waals surface area contributed by atoms with Crippen LogP contribution in [0.15, 0.2) is 54.6 Å². The first-order valence-electron chi connectivity index (χ1n) is 22.4. The predicted molar refractivity (Wildman–Crippen MR) is 235 cm³/mol. The van der Waals surface area contributed by atoms with Gasteiger partial charge in [-0.3, -0.25) is 14.4 Å². The van der Waals surface area contributed by atoms with Gasteiger partial charge in [-0.15, -0.1) is 0 Å². The smallest absolute Gasteiger partial charge is 0.305 e. The molecule has 55 heavy (non-hydrogen) atoms. The van der Waals surface area contributed by atoms with Crippen LogP contribution in [0, 0.1) is 11.8 Å². The van der Waals surface area contributed by atoms with Crippen molar-refractivity contribution in [3.05, 3.63) is 60.2 Å². The zero-order valence-electron chi connectivity index (χ0n) is 35.7. The second-order valence-electron chi connectivity index (χ2n) is 16.0. The van der Waals surface area contributed by atoms with Crippen LogP contribution in [0.4, 0.5) is 0 Å². The van der Waals surface area contributed by atoms with Crippen molar-refractivity contribution in [3.63, 3.8) is 0 Å². The molecule has 2 unspecified atom stereocenters. The third-order valence-corrected chi connectivity index (χ3v) is 10.9. The largest absolute Gasteiger partial charge is 0.466 e. The lowest BCUT2D eigenvalue weighted by Crippen LogP contribution is -2.28. The van der Waals surface area contributed by atoms with Gasteiger partial charge in [-0.2, -0.15) is 0 Å². The minimum atomic E-state index is -0.0593. The van der Waals surface area contributed by atoms with Crippen LogP contribution in [0.1, 0.15) is 186 Å². The van der Waals surface area contributed by atoms with Crippen molar-refractivity contribution in [2.24, 2.45) is 11.8 Å². The Morgan fingerprint density at radius 3 is 1.49 bits per heavy atom. The molecular weight excluding hydrogens is 681 g/mol. The number of carbonyl (C=O) groups excluding carboxylic acids is 3. The zero-order valence-corrected chi connectivity index (χ0v) is 35.7. The van der Waals surface area contributed by atoms with Gasteiger partial charge in [-0.25, -0.2) is 0 Å². The molecule has 0 saturated heterocycles. The van der Waals surface area contributed by atoms with Crippen molar-refractivity contribution in [3.8, 4) is 0 Å². The lowest BCUT2D eigenvalue weighted by atomic mass is 9.96. The van der Waals surface area contributed by atoms with E-state index in [0.717, 1.165) is 78.6 Å². The van der Waals surface area contributed by atoms with E-state index in [1.807, 2.05) is 36.4 Å². The Morgan fingerprint density at radius 2 is 0.982 bits per heavy atom. The van der Waals surface area contributed by atoms with Gasteiger partial charge in [0.25, 0.3) is 5.91 Å². The van der Waals surface area contributed by atoms with Crippen molar-refractivity contribution < 1.29 is 19.1 Å². The summed E-state index contributed by atoms with van der Waals surface area (Å²) in [6.07, 6.45) is 26.0. The molecule has 3 aromatic rings. The molecule has 0 radical (unpaired) electrons. The second kappa shape index (κ2) is 30.8. The SMILES string of the molecule is CCC(C)CNC(=O)c1c2ccccc2cc2ccccc12.CCCCCCCCCCCCCCCCCC(=O)OCCCCCC(=O)NCC(C)CC. The normalized spacial score (nSPS) is 12.2. The van der Waals surface area contributed by atoms with Crippen LogP contribution in [-0.4, -0.2) is 37.5 Å². The van der Waals surface area contributed by atoms with Gasteiger partial charge in [0.15, 0.2) is 0 Å². The maximum atomic E-state index is 12.8. The monoisotopic (exact) mass is 759 g/mol. The second-order valence-corrected chi connectivity index (χ2v) is 16.0. The number of ether oxygens (including phenoxy) is 1. The average Bonchev–Trinajstić information content (AvgIpc) is 3.20. The maximum absolute atomic E-state index is 12.8. The van der Waals surface area contributed by atoms with Gasteiger partial charge in [-0.1, -0.05) is 186 Å². The van der Waals surface area contributed by atoms with Gasteiger partial charge in [0.1, 0.15) is 0 Å². The summed E-state index contributed by atoms with van der Waals surface area (Å²) < 4.78 is 5.32. The fourth-order valence-corrected chi connectivity index (χ4v) is 6.74. The third kappa shape index (κ3) is 21.5. The Morgan fingerprint density at radius 1 is 0.545 bits per heavy atom. The van der Waals surface area contributed by atoms with Gasteiger partial charge in [-0.05, 0) is 65.1 Å². The molecule has 2 amide bonds. The number of hydrogen-bond acceptors (Lipinski definition) is 4. The van der Waals surface area contributed by atoms with Crippen LogP contribution in [0.5, 0.6) is 0 Å². The first kappa shape index (κ1) is 47.7. The zero-order chi connectivity index (χ0) is 39.9. The van der Waals surface area contributed by atoms with Gasteiger partial charge in [0.05, 0.1) is 12.2 Å². The van der Waals surface area contributed by atoms with E-state index >= 15 is 0 Å². The fourth-order valence-electron chi connectivity index (χ4n) is 6.74. The lowest BCUT2D eigenvalue weighted by Gasteiger charge is -2.14. The van der Waals surface area contributed by atoms with Crippen molar-refractivity contribution in [2.75, 3.05) is 19.7 Å². The molecule has 2 atom stereocenters. The predicted octanol–water partition coefficient (Wildman–Crippen LogP) is 13.3. The highest BCUT2D eigenvalue weighted by atomic mass is 16.5. The van der Waals surface area contributed by atoms with Crippen LogP contribution in [0.25, 0.3) is 21.5 Å². The van der Waals surface area contributed by atoms with Crippen LogP contribution >= 0.6 is 0 Å². The summed E-state index contributed by atoms with van der Waals surface area (Å²) in [6, 6.07) is 18.3. The minimum Gasteiger partial charge on any atom is -0.466 e. The lowest BCUT2D eigenvalue weighted by molar-refractivity contribution is -0.144. The van der Waals surface area contributed by atoms with E-state index in [4.69, 9.17) is 4.74 Å². The topological polar surface area (TPSA) is 84.5 Å². The number of nitrogens with one attached hydrogen (secondary N) is 2. The van der Waals surface area contributed by atoms with Crippen molar-refractivity contribution in [2.45, 2.75) is 176 Å². The number of rotatable bonds is 29. The number of esters is 1. The molecule has 0 aliphatic carbocycles. The molecule has 0 spiro atoms. The van der Waals surface area contributed by atoms with E-state index in [1.54, 1.807) is 0 Å². The van der Waals surface area contributed by atoms with Crippen LogP contribution in [0.3, 0.4) is 0 Å². The van der Waals surface area contributed by atoms with Crippen LogP contribution in [-0.2, 0) is 14.3 Å². The number of amides is 2. The number of carbonyl (C=O) groups is 3. The van der Waals surface area contributed by atoms with Crippen LogP contribution < -0.4 is 10.6 Å². The highest BCUT2D eigenvalue weighted by molar-refractivity contribution is 6.18. The molecular formula is C49H78N2O4. The molecule has 0 bridgehead atoms. The van der Waals surface area contributed by atoms with Crippen LogP contribution in [0.2, 0.25) is 0 Å². The molecule has 0 fully saturated rings. The Balaban J connectivity index is 0.000000407. The fraction of sp³-hybridized carbons (Fsp3) is 0.653. The van der Waals surface area contributed by atoms with Gasteiger partial charge >= 0.3 is 5.97 Å². The van der Waals surface area contributed by atoms with E-state index in [9.17, 15) is 14.4 Å². The molecule has 0 aliphatic rings. The number of hydrogen-bond donors (Lipinski definition) is 2. The Bertz CT molecular complexity index is 1420. The number of unbranched alkanes of at least 4 members (excludes halogenated alkanes) is 16. The van der Waals surface area contributed by atoms with Crippen molar-refractivity contribution >= 4 is 39.3 Å². The van der Waals surface area contributed by atoms with E-state index in [2.05, 4.69) is 63.5 Å². The first-order valence-corrected chi connectivity index (χ1v) is 22.4. The summed E-state index contributed by atoms with van der Waals surface area (Å²) in [5.41, 5.74) is 0.789. The van der Waals surface area contributed by atoms with E-state index in [0.29, 0.717) is 37.8 Å². The minimum absolute atomic E-state index is 0.0216. The van der Waals surface area contributed by atoms with E-state index in [1.165, 1.54) is 83.5 Å². The number of benzene rings is 3. The Kier molecular flexibility index (Phi) is 26.7. The summed E-state index contributed by atoms with van der Waals surface area (Å²) in [6.45, 7) is 12.8. The maximum Gasteiger partial charge on any atom is 0.305 e. The van der Waals surface area contributed by atoms with E-state index < -0.39 is 0 Å². The summed E-state index contributed by atoms with van der Waals surface area (Å²) in [4.78, 5) is 36.3. The molecule has 0 aliphatic heterocycles. The average molecular weight is 759 g/mol. The highest BCUT2D eigenvalue weighted by Gasteiger charge is 2.15. The molecule has 3 rings (SSSR count). The molecule has 2 N–H and O–H groups in total. The summed E-state index contributed by atoms with van der Waals surface area (Å²) in [7, 11) is 0. The number of fused-ring (bicyclic) bond motifs is 2. The summed E-state index contributed by atoms with van der Waals surface area (Å²) in [5.74, 6) is 1.13. The van der Waals surface area contributed by atoms with Gasteiger partial charge in [0.2, 0.25) is 5.91 Å². The van der Waals surface area contributed by atoms with Gasteiger partial charge < -0.3 is 15.4 Å². The Labute approximate surface area is 335 Å². The standard InChI is InChI=1S/C29H57NO3.C20H21NO/c1-4-6-7-8-9-10-11-12-13-14-15-16-17-18-21-24-29(32)33-25-22-19-20-23-28(31)30-26-27(3)5-2;1-3-14(2)13-21-20(22)19-17-10-6-4-8-15(17)12-16-9-5-7-11-18(16)19/h27H,4-26H2,1-3H3,(H,30,31);4-12,14H,3,13H2,1-2H3,(H,21,22). The quantitative estimate of drug-likeness (QED) is 0.0419. The molecule has 0 heterocycles. The summed E-state index contributed by atoms with van der Waals surface area (Å²) in [5, 5.41) is 10.3. The van der Waals surface area contributed by atoms with Gasteiger partial charge in [0, 0.05) is 25.9 Å².